The van der Waals surface area contributed by atoms with Gasteiger partial charge < -0.3 is 5.11 Å². The van der Waals surface area contributed by atoms with E-state index in [1.165, 1.54) is 0 Å². The average molecular weight is 317 g/mol. The Hall–Kier alpha value is -1.87. The third kappa shape index (κ3) is 3.32. The van der Waals surface area contributed by atoms with Crippen molar-refractivity contribution < 1.29 is 9.90 Å². The van der Waals surface area contributed by atoms with Crippen molar-refractivity contribution in [3.63, 3.8) is 0 Å². The quantitative estimate of drug-likeness (QED) is 0.674. The number of carbonyl (C=O) groups is 1. The van der Waals surface area contributed by atoms with E-state index in [1.54, 1.807) is 18.2 Å². The number of carboxylic acid groups (broad SMARTS) is 1. The summed E-state index contributed by atoms with van der Waals surface area (Å²) in [6.07, 6.45) is 1.71. The number of hydrogen-bond donors (Lipinski definition) is 1. The number of carboxylic acids is 1. The number of benzene rings is 2. The molecule has 0 aliphatic heterocycles. The highest BCUT2D eigenvalue weighted by Gasteiger charge is 2.10. The van der Waals surface area contributed by atoms with Gasteiger partial charge in [0.25, 0.3) is 0 Å². The first kappa shape index (κ1) is 13.6. The minimum absolute atomic E-state index is 0.293. The Bertz CT molecular complexity index is 627. The van der Waals surface area contributed by atoms with E-state index in [9.17, 15) is 9.90 Å². The van der Waals surface area contributed by atoms with E-state index in [4.69, 9.17) is 0 Å². The highest BCUT2D eigenvalue weighted by atomic mass is 79.9. The molecule has 0 aliphatic rings. The van der Waals surface area contributed by atoms with E-state index in [0.29, 0.717) is 11.1 Å². The van der Waals surface area contributed by atoms with Gasteiger partial charge >= 0.3 is 5.97 Å². The lowest BCUT2D eigenvalue weighted by molar-refractivity contribution is -0.130. The minimum Gasteiger partial charge on any atom is -0.478 e. The fourth-order valence-corrected chi connectivity index (χ4v) is 2.07. The van der Waals surface area contributed by atoms with Gasteiger partial charge in [0.2, 0.25) is 0 Å². The summed E-state index contributed by atoms with van der Waals surface area (Å²) >= 11 is 3.34. The van der Waals surface area contributed by atoms with Crippen molar-refractivity contribution in [3.05, 3.63) is 69.7 Å². The first-order chi connectivity index (χ1) is 9.08. The van der Waals surface area contributed by atoms with Crippen molar-refractivity contribution >= 4 is 33.5 Å². The molecule has 96 valence electrons. The van der Waals surface area contributed by atoms with Crippen molar-refractivity contribution in [2.45, 2.75) is 6.92 Å². The molecule has 2 aromatic rings. The second kappa shape index (κ2) is 5.85. The molecule has 0 radical (unpaired) electrons. The molecule has 2 aromatic carbocycles. The molecule has 0 saturated heterocycles. The molecule has 0 spiro atoms. The SMILES string of the molecule is Cc1ccccc1/C=C(\C(=O)O)c1ccc(Br)cc1. The molecule has 1 N–H and O–H groups in total. The van der Waals surface area contributed by atoms with Gasteiger partial charge in [-0.3, -0.25) is 0 Å². The van der Waals surface area contributed by atoms with Crippen molar-refractivity contribution in [3.8, 4) is 0 Å². The lowest BCUT2D eigenvalue weighted by atomic mass is 10.0. The van der Waals surface area contributed by atoms with Crippen molar-refractivity contribution in [2.24, 2.45) is 0 Å². The Morgan fingerprint density at radius 3 is 2.32 bits per heavy atom. The summed E-state index contributed by atoms with van der Waals surface area (Å²) in [6, 6.07) is 15.0. The molecule has 0 bridgehead atoms. The molecule has 2 nitrogen and oxygen atoms in total. The van der Waals surface area contributed by atoms with E-state index >= 15 is 0 Å². The zero-order valence-electron chi connectivity index (χ0n) is 10.4. The van der Waals surface area contributed by atoms with E-state index in [1.807, 2.05) is 43.3 Å². The molecule has 0 unspecified atom stereocenters. The molecular weight excluding hydrogens is 304 g/mol. The lowest BCUT2D eigenvalue weighted by Gasteiger charge is -2.05. The van der Waals surface area contributed by atoms with Crippen LogP contribution in [0.25, 0.3) is 11.6 Å². The topological polar surface area (TPSA) is 37.3 Å². The van der Waals surface area contributed by atoms with Crippen molar-refractivity contribution in [1.82, 2.24) is 0 Å². The maximum absolute atomic E-state index is 11.4. The first-order valence-electron chi connectivity index (χ1n) is 5.84. The van der Waals surface area contributed by atoms with Gasteiger partial charge in [-0.15, -0.1) is 0 Å². The van der Waals surface area contributed by atoms with Crippen LogP contribution in [0, 0.1) is 6.92 Å². The van der Waals surface area contributed by atoms with E-state index in [0.717, 1.165) is 15.6 Å². The standard InChI is InChI=1S/C16H13BrO2/c1-11-4-2-3-5-13(11)10-15(16(18)19)12-6-8-14(17)9-7-12/h2-10H,1H3,(H,18,19)/b15-10-. The summed E-state index contributed by atoms with van der Waals surface area (Å²) in [5, 5.41) is 9.37. The fourth-order valence-electron chi connectivity index (χ4n) is 1.80. The molecule has 0 atom stereocenters. The van der Waals surface area contributed by atoms with Crippen LogP contribution < -0.4 is 0 Å². The van der Waals surface area contributed by atoms with Gasteiger partial charge in [0.1, 0.15) is 0 Å². The molecule has 19 heavy (non-hydrogen) atoms. The largest absolute Gasteiger partial charge is 0.478 e. The van der Waals surface area contributed by atoms with Gasteiger partial charge in [0.15, 0.2) is 0 Å². The van der Waals surface area contributed by atoms with E-state index in [2.05, 4.69) is 15.9 Å². The fraction of sp³-hybridized carbons (Fsp3) is 0.0625. The van der Waals surface area contributed by atoms with Crippen LogP contribution in [0.1, 0.15) is 16.7 Å². The number of hydrogen-bond acceptors (Lipinski definition) is 1. The molecule has 0 aliphatic carbocycles. The average Bonchev–Trinajstić information content (AvgIpc) is 2.39. The van der Waals surface area contributed by atoms with Crippen LogP contribution in [0.3, 0.4) is 0 Å². The summed E-state index contributed by atoms with van der Waals surface area (Å²) in [4.78, 5) is 11.4. The summed E-state index contributed by atoms with van der Waals surface area (Å²) in [6.45, 7) is 1.97. The Labute approximate surface area is 120 Å². The van der Waals surface area contributed by atoms with Gasteiger partial charge in [0.05, 0.1) is 5.57 Å². The summed E-state index contributed by atoms with van der Waals surface area (Å²) < 4.78 is 0.928. The minimum atomic E-state index is -0.925. The van der Waals surface area contributed by atoms with Gasteiger partial charge in [-0.2, -0.15) is 0 Å². The van der Waals surface area contributed by atoms with Gasteiger partial charge in [0, 0.05) is 4.47 Å². The number of aryl methyl sites for hydroxylation is 1. The van der Waals surface area contributed by atoms with Crippen molar-refractivity contribution in [2.75, 3.05) is 0 Å². The number of aliphatic carboxylic acids is 1. The third-order valence-corrected chi connectivity index (χ3v) is 3.40. The maximum atomic E-state index is 11.4. The van der Waals surface area contributed by atoms with Gasteiger partial charge in [-0.1, -0.05) is 52.3 Å². The van der Waals surface area contributed by atoms with Gasteiger partial charge in [-0.05, 0) is 41.8 Å². The molecule has 2 rings (SSSR count). The molecule has 3 heteroatoms. The van der Waals surface area contributed by atoms with E-state index in [-0.39, 0.29) is 0 Å². The van der Waals surface area contributed by atoms with Crippen LogP contribution in [-0.4, -0.2) is 11.1 Å². The zero-order chi connectivity index (χ0) is 13.8. The molecule has 0 fully saturated rings. The highest BCUT2D eigenvalue weighted by Crippen LogP contribution is 2.22. The molecule has 0 aromatic heterocycles. The van der Waals surface area contributed by atoms with Gasteiger partial charge in [-0.25, -0.2) is 4.79 Å². The molecule has 0 saturated carbocycles. The zero-order valence-corrected chi connectivity index (χ0v) is 12.0. The van der Waals surface area contributed by atoms with E-state index < -0.39 is 5.97 Å². The maximum Gasteiger partial charge on any atom is 0.336 e. The predicted octanol–water partition coefficient (Wildman–Crippen LogP) is 4.38. The Balaban J connectivity index is 2.50. The monoisotopic (exact) mass is 316 g/mol. The highest BCUT2D eigenvalue weighted by molar-refractivity contribution is 9.10. The second-order valence-corrected chi connectivity index (χ2v) is 5.14. The second-order valence-electron chi connectivity index (χ2n) is 4.23. The predicted molar refractivity (Wildman–Crippen MR) is 80.8 cm³/mol. The van der Waals surface area contributed by atoms with Crippen molar-refractivity contribution in [1.29, 1.82) is 0 Å². The molecule has 0 amide bonds. The summed E-state index contributed by atoms with van der Waals surface area (Å²) in [7, 11) is 0. The molecule has 0 heterocycles. The Kier molecular flexibility index (Phi) is 4.17. The van der Waals surface area contributed by atoms with Crippen LogP contribution in [-0.2, 0) is 4.79 Å². The Morgan fingerprint density at radius 1 is 1.11 bits per heavy atom. The Morgan fingerprint density at radius 2 is 1.74 bits per heavy atom. The first-order valence-corrected chi connectivity index (χ1v) is 6.64. The number of rotatable bonds is 3. The van der Waals surface area contributed by atoms with Crippen LogP contribution in [0.4, 0.5) is 0 Å². The normalized spacial score (nSPS) is 11.4. The summed E-state index contributed by atoms with van der Waals surface area (Å²) in [5.41, 5.74) is 2.96. The third-order valence-electron chi connectivity index (χ3n) is 2.87. The lowest BCUT2D eigenvalue weighted by Crippen LogP contribution is -1.99. The van der Waals surface area contributed by atoms with Crippen LogP contribution in [0.2, 0.25) is 0 Å². The van der Waals surface area contributed by atoms with Crippen LogP contribution >= 0.6 is 15.9 Å². The van der Waals surface area contributed by atoms with Crippen LogP contribution in [0.5, 0.6) is 0 Å². The van der Waals surface area contributed by atoms with Crippen LogP contribution in [0.15, 0.2) is 53.0 Å². The smallest absolute Gasteiger partial charge is 0.336 e. The number of halogens is 1. The summed E-state index contributed by atoms with van der Waals surface area (Å²) in [5.74, 6) is -0.925. The molecular formula is C16H13BrO2.